The van der Waals surface area contributed by atoms with Crippen molar-refractivity contribution in [2.24, 2.45) is 5.92 Å². The highest BCUT2D eigenvalue weighted by Crippen LogP contribution is 2.34. The molecule has 0 radical (unpaired) electrons. The molecule has 100 valence electrons. The van der Waals surface area contributed by atoms with Crippen LogP contribution in [0.5, 0.6) is 0 Å². The summed E-state index contributed by atoms with van der Waals surface area (Å²) in [6.07, 6.45) is 9.42. The molecule has 1 fully saturated rings. The number of aryl methyl sites for hydroxylation is 1. The molecule has 0 aliphatic heterocycles. The van der Waals surface area contributed by atoms with E-state index in [0.29, 0.717) is 6.04 Å². The molecule has 18 heavy (non-hydrogen) atoms. The monoisotopic (exact) mass is 245 g/mol. The molecule has 0 bridgehead atoms. The molecular formula is C17H27N. The molecule has 1 heteroatoms. The van der Waals surface area contributed by atoms with E-state index in [9.17, 15) is 0 Å². The van der Waals surface area contributed by atoms with Gasteiger partial charge in [0, 0.05) is 11.7 Å². The first kappa shape index (κ1) is 13.5. The van der Waals surface area contributed by atoms with Crippen molar-refractivity contribution in [2.45, 2.75) is 64.8 Å². The van der Waals surface area contributed by atoms with Gasteiger partial charge in [-0.15, -0.1) is 0 Å². The van der Waals surface area contributed by atoms with E-state index >= 15 is 0 Å². The lowest BCUT2D eigenvalue weighted by atomic mass is 10.1. The van der Waals surface area contributed by atoms with Crippen LogP contribution >= 0.6 is 0 Å². The van der Waals surface area contributed by atoms with Gasteiger partial charge in [-0.1, -0.05) is 44.7 Å². The lowest BCUT2D eigenvalue weighted by Crippen LogP contribution is -2.15. The molecule has 1 aromatic rings. The highest BCUT2D eigenvalue weighted by atomic mass is 14.9. The molecule has 1 aromatic carbocycles. The lowest BCUT2D eigenvalue weighted by Gasteiger charge is -2.15. The zero-order chi connectivity index (χ0) is 12.8. The van der Waals surface area contributed by atoms with Crippen LogP contribution in [0.3, 0.4) is 0 Å². The van der Waals surface area contributed by atoms with E-state index in [1.54, 1.807) is 0 Å². The summed E-state index contributed by atoms with van der Waals surface area (Å²) in [6, 6.07) is 9.66. The van der Waals surface area contributed by atoms with E-state index in [4.69, 9.17) is 0 Å². The van der Waals surface area contributed by atoms with Crippen LogP contribution in [0.15, 0.2) is 24.3 Å². The first-order valence-corrected chi connectivity index (χ1v) is 7.63. The van der Waals surface area contributed by atoms with Gasteiger partial charge < -0.3 is 5.32 Å². The first-order chi connectivity index (χ1) is 8.78. The van der Waals surface area contributed by atoms with E-state index in [-0.39, 0.29) is 0 Å². The first-order valence-electron chi connectivity index (χ1n) is 7.63. The summed E-state index contributed by atoms with van der Waals surface area (Å²) in [6.45, 7) is 4.56. The normalized spacial score (nSPS) is 16.6. The average molecular weight is 245 g/mol. The predicted octanol–water partition coefficient (Wildman–Crippen LogP) is 5.02. The van der Waals surface area contributed by atoms with Gasteiger partial charge in [0.15, 0.2) is 0 Å². The molecule has 0 aromatic heterocycles. The fraction of sp³-hybridized carbons (Fsp3) is 0.647. The Morgan fingerprint density at radius 1 is 1.17 bits per heavy atom. The van der Waals surface area contributed by atoms with Crippen molar-refractivity contribution in [1.29, 1.82) is 0 Å². The second-order valence-electron chi connectivity index (χ2n) is 5.88. The third kappa shape index (κ3) is 4.72. The summed E-state index contributed by atoms with van der Waals surface area (Å²) in [5, 5.41) is 3.61. The topological polar surface area (TPSA) is 12.0 Å². The third-order valence-electron chi connectivity index (χ3n) is 3.82. The number of benzene rings is 1. The second-order valence-corrected chi connectivity index (χ2v) is 5.88. The number of anilines is 1. The zero-order valence-corrected chi connectivity index (χ0v) is 11.9. The van der Waals surface area contributed by atoms with Gasteiger partial charge in [0.05, 0.1) is 0 Å². The van der Waals surface area contributed by atoms with Crippen molar-refractivity contribution in [3.8, 4) is 0 Å². The highest BCUT2D eigenvalue weighted by Gasteiger charge is 2.23. The number of unbranched alkanes of at least 4 members (excludes halogenated alkanes) is 2. The summed E-state index contributed by atoms with van der Waals surface area (Å²) in [4.78, 5) is 0. The molecular weight excluding hydrogens is 218 g/mol. The molecule has 1 nitrogen and oxygen atoms in total. The van der Waals surface area contributed by atoms with Crippen LogP contribution in [-0.4, -0.2) is 6.04 Å². The molecule has 1 N–H and O–H groups in total. The lowest BCUT2D eigenvalue weighted by molar-refractivity contribution is 0.642. The van der Waals surface area contributed by atoms with Crippen LogP contribution in [-0.2, 0) is 6.42 Å². The quantitative estimate of drug-likeness (QED) is 0.634. The molecule has 0 saturated heterocycles. The van der Waals surface area contributed by atoms with Crippen molar-refractivity contribution in [3.05, 3.63) is 29.8 Å². The number of rotatable bonds is 8. The van der Waals surface area contributed by atoms with Gasteiger partial charge in [-0.3, -0.25) is 0 Å². The Balaban J connectivity index is 1.75. The van der Waals surface area contributed by atoms with Crippen molar-refractivity contribution < 1.29 is 0 Å². The van der Waals surface area contributed by atoms with E-state index in [2.05, 4.69) is 43.4 Å². The van der Waals surface area contributed by atoms with E-state index < -0.39 is 0 Å². The third-order valence-corrected chi connectivity index (χ3v) is 3.82. The van der Waals surface area contributed by atoms with Gasteiger partial charge >= 0.3 is 0 Å². The van der Waals surface area contributed by atoms with Gasteiger partial charge in [0.25, 0.3) is 0 Å². The molecule has 0 spiro atoms. The van der Waals surface area contributed by atoms with Crippen LogP contribution in [0, 0.1) is 5.92 Å². The molecule has 1 saturated carbocycles. The summed E-state index contributed by atoms with van der Waals surface area (Å²) in [7, 11) is 0. The van der Waals surface area contributed by atoms with Gasteiger partial charge in [0.2, 0.25) is 0 Å². The van der Waals surface area contributed by atoms with Crippen LogP contribution in [0.1, 0.15) is 57.9 Å². The van der Waals surface area contributed by atoms with Gasteiger partial charge in [0.1, 0.15) is 0 Å². The van der Waals surface area contributed by atoms with Gasteiger partial charge in [-0.2, -0.15) is 0 Å². The molecule has 0 amide bonds. The van der Waals surface area contributed by atoms with Crippen LogP contribution < -0.4 is 5.32 Å². The van der Waals surface area contributed by atoms with Crippen LogP contribution in [0.25, 0.3) is 0 Å². The Morgan fingerprint density at radius 2 is 1.89 bits per heavy atom. The maximum atomic E-state index is 3.61. The standard InChI is InChI=1S/C17H27N/c1-3-4-5-6-15-9-11-17(12-10-15)18-14(2)13-16-7-8-16/h9-12,14,16,18H,3-8,13H2,1-2H3. The summed E-state index contributed by atoms with van der Waals surface area (Å²) in [5.74, 6) is 1.00. The minimum atomic E-state index is 0.614. The fourth-order valence-electron chi connectivity index (χ4n) is 2.54. The van der Waals surface area contributed by atoms with Crippen molar-refractivity contribution in [3.63, 3.8) is 0 Å². The van der Waals surface area contributed by atoms with Gasteiger partial charge in [-0.25, -0.2) is 0 Å². The molecule has 1 atom stereocenters. The molecule has 1 unspecified atom stereocenters. The molecule has 0 heterocycles. The minimum Gasteiger partial charge on any atom is -0.383 e. The largest absolute Gasteiger partial charge is 0.383 e. The Bertz CT molecular complexity index is 337. The summed E-state index contributed by atoms with van der Waals surface area (Å²) in [5.41, 5.74) is 2.76. The minimum absolute atomic E-state index is 0.614. The number of nitrogens with one attached hydrogen (secondary N) is 1. The number of hydrogen-bond acceptors (Lipinski definition) is 1. The fourth-order valence-corrected chi connectivity index (χ4v) is 2.54. The molecule has 1 aliphatic carbocycles. The SMILES string of the molecule is CCCCCc1ccc(NC(C)CC2CC2)cc1. The predicted molar refractivity (Wildman–Crippen MR) is 80.1 cm³/mol. The van der Waals surface area contributed by atoms with Crippen molar-refractivity contribution in [2.75, 3.05) is 5.32 Å². The van der Waals surface area contributed by atoms with Gasteiger partial charge in [-0.05, 0) is 49.8 Å². The maximum Gasteiger partial charge on any atom is 0.0342 e. The van der Waals surface area contributed by atoms with Crippen molar-refractivity contribution in [1.82, 2.24) is 0 Å². The van der Waals surface area contributed by atoms with Crippen LogP contribution in [0.2, 0.25) is 0 Å². The second kappa shape index (κ2) is 6.82. The maximum absolute atomic E-state index is 3.61. The Morgan fingerprint density at radius 3 is 2.50 bits per heavy atom. The van der Waals surface area contributed by atoms with Crippen molar-refractivity contribution >= 4 is 5.69 Å². The average Bonchev–Trinajstić information content (AvgIpc) is 3.15. The van der Waals surface area contributed by atoms with E-state index in [1.807, 2.05) is 0 Å². The highest BCUT2D eigenvalue weighted by molar-refractivity contribution is 5.45. The summed E-state index contributed by atoms with van der Waals surface area (Å²) < 4.78 is 0. The molecule has 2 rings (SSSR count). The Labute approximate surface area is 112 Å². The Hall–Kier alpha value is -0.980. The van der Waals surface area contributed by atoms with E-state index in [1.165, 1.54) is 56.2 Å². The number of hydrogen-bond donors (Lipinski definition) is 1. The Kier molecular flexibility index (Phi) is 5.10. The zero-order valence-electron chi connectivity index (χ0n) is 11.9. The van der Waals surface area contributed by atoms with E-state index in [0.717, 1.165) is 5.92 Å². The summed E-state index contributed by atoms with van der Waals surface area (Å²) >= 11 is 0. The van der Waals surface area contributed by atoms with Crippen LogP contribution in [0.4, 0.5) is 5.69 Å². The smallest absolute Gasteiger partial charge is 0.0342 e. The molecule has 1 aliphatic rings.